The minimum atomic E-state index is 0.790. The molecule has 1 aliphatic heterocycles. The van der Waals surface area contributed by atoms with Gasteiger partial charge in [0.25, 0.3) is 0 Å². The molecular formula is C10H19N. The number of rotatable bonds is 2. The predicted molar refractivity (Wildman–Crippen MR) is 47.5 cm³/mol. The van der Waals surface area contributed by atoms with Crippen LogP contribution in [0.25, 0.3) is 0 Å². The zero-order chi connectivity index (χ0) is 7.84. The molecule has 0 aromatic carbocycles. The molecule has 0 aromatic rings. The van der Waals surface area contributed by atoms with Crippen LogP contribution in [-0.4, -0.2) is 12.1 Å². The molecule has 0 radical (unpaired) electrons. The Morgan fingerprint density at radius 3 is 2.82 bits per heavy atom. The molecule has 2 rings (SSSR count). The summed E-state index contributed by atoms with van der Waals surface area (Å²) in [5.74, 6) is 2.11. The van der Waals surface area contributed by atoms with Gasteiger partial charge in [-0.2, -0.15) is 0 Å². The van der Waals surface area contributed by atoms with Crippen molar-refractivity contribution in [1.82, 2.24) is 5.32 Å². The van der Waals surface area contributed by atoms with Crippen molar-refractivity contribution in [2.75, 3.05) is 0 Å². The molecule has 0 bridgehead atoms. The highest BCUT2D eigenvalue weighted by atomic mass is 15.0. The minimum Gasteiger partial charge on any atom is -0.311 e. The second-order valence-electron chi connectivity index (χ2n) is 4.29. The Balaban J connectivity index is 1.83. The summed E-state index contributed by atoms with van der Waals surface area (Å²) in [5.41, 5.74) is 0. The molecule has 11 heavy (non-hydrogen) atoms. The molecule has 1 nitrogen and oxygen atoms in total. The van der Waals surface area contributed by atoms with E-state index in [-0.39, 0.29) is 0 Å². The van der Waals surface area contributed by atoms with Crippen molar-refractivity contribution in [3.05, 3.63) is 0 Å². The Hall–Kier alpha value is -0.0400. The van der Waals surface area contributed by atoms with Crippen LogP contribution >= 0.6 is 0 Å². The van der Waals surface area contributed by atoms with E-state index in [0.717, 1.165) is 23.9 Å². The van der Waals surface area contributed by atoms with Crippen LogP contribution in [0.15, 0.2) is 0 Å². The first-order valence-corrected chi connectivity index (χ1v) is 5.09. The quantitative estimate of drug-likeness (QED) is 0.641. The molecule has 1 N–H and O–H groups in total. The van der Waals surface area contributed by atoms with Gasteiger partial charge in [-0.3, -0.25) is 0 Å². The smallest absolute Gasteiger partial charge is 0.0132 e. The van der Waals surface area contributed by atoms with Gasteiger partial charge in [-0.15, -0.1) is 0 Å². The van der Waals surface area contributed by atoms with Crippen molar-refractivity contribution in [1.29, 1.82) is 0 Å². The van der Waals surface area contributed by atoms with Crippen molar-refractivity contribution in [3.8, 4) is 0 Å². The highest BCUT2D eigenvalue weighted by Crippen LogP contribution is 2.48. The first-order chi connectivity index (χ1) is 5.33. The van der Waals surface area contributed by atoms with Gasteiger partial charge in [0.05, 0.1) is 0 Å². The lowest BCUT2D eigenvalue weighted by atomic mass is 10.1. The first kappa shape index (κ1) is 7.60. The zero-order valence-electron chi connectivity index (χ0n) is 7.64. The van der Waals surface area contributed by atoms with E-state index in [1.165, 1.54) is 25.7 Å². The normalized spacial score (nSPS) is 48.5. The number of hydrogen-bond donors (Lipinski definition) is 1. The minimum absolute atomic E-state index is 0.790. The molecule has 3 unspecified atom stereocenters. The lowest BCUT2D eigenvalue weighted by Crippen LogP contribution is -2.33. The van der Waals surface area contributed by atoms with Crippen LogP contribution < -0.4 is 5.32 Å². The summed E-state index contributed by atoms with van der Waals surface area (Å²) in [4.78, 5) is 0. The molecule has 1 aliphatic carbocycles. The molecular weight excluding hydrogens is 134 g/mol. The van der Waals surface area contributed by atoms with Crippen molar-refractivity contribution in [2.45, 2.75) is 51.6 Å². The number of piperidine rings is 1. The SMILES string of the molecule is CCCC1C2CCC(C)N[C@@H]12. The van der Waals surface area contributed by atoms with E-state index in [0.29, 0.717) is 0 Å². The highest BCUT2D eigenvalue weighted by molar-refractivity contribution is 5.06. The average Bonchev–Trinajstić information content (AvgIpc) is 2.64. The summed E-state index contributed by atoms with van der Waals surface area (Å²) in [6.07, 6.45) is 5.72. The Morgan fingerprint density at radius 2 is 2.18 bits per heavy atom. The molecule has 2 aliphatic rings. The highest BCUT2D eigenvalue weighted by Gasteiger charge is 2.50. The van der Waals surface area contributed by atoms with Crippen LogP contribution in [0.1, 0.15) is 39.5 Å². The molecule has 64 valence electrons. The molecule has 1 saturated carbocycles. The molecule has 2 fully saturated rings. The second-order valence-corrected chi connectivity index (χ2v) is 4.29. The topological polar surface area (TPSA) is 12.0 Å². The molecule has 4 atom stereocenters. The van der Waals surface area contributed by atoms with E-state index in [4.69, 9.17) is 0 Å². The Labute approximate surface area is 69.6 Å². The largest absolute Gasteiger partial charge is 0.311 e. The Bertz CT molecular complexity index is 140. The van der Waals surface area contributed by atoms with Crippen molar-refractivity contribution >= 4 is 0 Å². The summed E-state index contributed by atoms with van der Waals surface area (Å²) in [6, 6.07) is 1.71. The van der Waals surface area contributed by atoms with Crippen LogP contribution in [0.5, 0.6) is 0 Å². The third-order valence-electron chi connectivity index (χ3n) is 3.36. The van der Waals surface area contributed by atoms with Gasteiger partial charge in [-0.05, 0) is 38.0 Å². The number of hydrogen-bond acceptors (Lipinski definition) is 1. The van der Waals surface area contributed by atoms with Crippen LogP contribution in [0.3, 0.4) is 0 Å². The van der Waals surface area contributed by atoms with E-state index >= 15 is 0 Å². The van der Waals surface area contributed by atoms with Gasteiger partial charge in [0, 0.05) is 12.1 Å². The Kier molecular flexibility index (Phi) is 1.92. The van der Waals surface area contributed by atoms with Crippen molar-refractivity contribution in [3.63, 3.8) is 0 Å². The fourth-order valence-corrected chi connectivity index (χ4v) is 2.67. The lowest BCUT2D eigenvalue weighted by Gasteiger charge is -2.17. The fourth-order valence-electron chi connectivity index (χ4n) is 2.67. The van der Waals surface area contributed by atoms with E-state index in [1.54, 1.807) is 0 Å². The second kappa shape index (κ2) is 2.78. The summed E-state index contributed by atoms with van der Waals surface area (Å²) in [6.45, 7) is 4.62. The monoisotopic (exact) mass is 153 g/mol. The lowest BCUT2D eigenvalue weighted by molar-refractivity contribution is 0.414. The molecule has 0 amide bonds. The molecule has 1 heteroatoms. The van der Waals surface area contributed by atoms with Gasteiger partial charge < -0.3 is 5.32 Å². The van der Waals surface area contributed by atoms with E-state index < -0.39 is 0 Å². The maximum absolute atomic E-state index is 3.69. The van der Waals surface area contributed by atoms with Crippen LogP contribution in [0.2, 0.25) is 0 Å². The van der Waals surface area contributed by atoms with Crippen LogP contribution in [0.4, 0.5) is 0 Å². The third kappa shape index (κ3) is 1.31. The number of fused-ring (bicyclic) bond motifs is 1. The fraction of sp³-hybridized carbons (Fsp3) is 1.00. The molecule has 1 heterocycles. The van der Waals surface area contributed by atoms with E-state index in [1.807, 2.05) is 0 Å². The van der Waals surface area contributed by atoms with E-state index in [2.05, 4.69) is 19.2 Å². The summed E-state index contributed by atoms with van der Waals surface area (Å²) >= 11 is 0. The van der Waals surface area contributed by atoms with Crippen LogP contribution in [-0.2, 0) is 0 Å². The van der Waals surface area contributed by atoms with E-state index in [9.17, 15) is 0 Å². The van der Waals surface area contributed by atoms with Gasteiger partial charge in [0.2, 0.25) is 0 Å². The summed E-state index contributed by atoms with van der Waals surface area (Å²) in [7, 11) is 0. The Morgan fingerprint density at radius 1 is 1.36 bits per heavy atom. The van der Waals surface area contributed by atoms with Gasteiger partial charge in [-0.1, -0.05) is 13.3 Å². The summed E-state index contributed by atoms with van der Waals surface area (Å²) < 4.78 is 0. The average molecular weight is 153 g/mol. The number of nitrogens with one attached hydrogen (secondary N) is 1. The summed E-state index contributed by atoms with van der Waals surface area (Å²) in [5, 5.41) is 3.69. The van der Waals surface area contributed by atoms with Gasteiger partial charge >= 0.3 is 0 Å². The first-order valence-electron chi connectivity index (χ1n) is 5.09. The maximum Gasteiger partial charge on any atom is 0.0132 e. The van der Waals surface area contributed by atoms with Gasteiger partial charge in [-0.25, -0.2) is 0 Å². The maximum atomic E-state index is 3.69. The zero-order valence-corrected chi connectivity index (χ0v) is 7.64. The standard InChI is InChI=1S/C10H19N/c1-3-4-8-9-6-5-7(2)11-10(8)9/h7-11H,3-6H2,1-2H3/t7?,8?,9?,10-/m0/s1. The van der Waals surface area contributed by atoms with Crippen LogP contribution in [0, 0.1) is 11.8 Å². The van der Waals surface area contributed by atoms with Gasteiger partial charge in [0.15, 0.2) is 0 Å². The molecule has 0 spiro atoms. The van der Waals surface area contributed by atoms with Crippen molar-refractivity contribution in [2.24, 2.45) is 11.8 Å². The predicted octanol–water partition coefficient (Wildman–Crippen LogP) is 2.17. The molecule has 0 aromatic heterocycles. The van der Waals surface area contributed by atoms with Crippen molar-refractivity contribution < 1.29 is 0 Å². The third-order valence-corrected chi connectivity index (χ3v) is 3.36. The van der Waals surface area contributed by atoms with Gasteiger partial charge in [0.1, 0.15) is 0 Å². The molecule has 1 saturated heterocycles.